The summed E-state index contributed by atoms with van der Waals surface area (Å²) in [6.07, 6.45) is 1.37. The Balaban J connectivity index is 1.43. The number of rotatable bonds is 9. The van der Waals surface area contributed by atoms with Crippen LogP contribution in [0.1, 0.15) is 15.9 Å². The Bertz CT molecular complexity index is 1600. The largest absolute Gasteiger partial charge is 0.423 e. The van der Waals surface area contributed by atoms with Gasteiger partial charge in [-0.15, -0.1) is 0 Å². The lowest BCUT2D eigenvalue weighted by molar-refractivity contribution is -0.119. The van der Waals surface area contributed by atoms with E-state index in [-0.39, 0.29) is 20.6 Å². The van der Waals surface area contributed by atoms with Gasteiger partial charge >= 0.3 is 5.97 Å². The first kappa shape index (κ1) is 27.8. The van der Waals surface area contributed by atoms with E-state index in [9.17, 15) is 18.0 Å². The Kier molecular flexibility index (Phi) is 8.98. The third-order valence-corrected chi connectivity index (χ3v) is 7.84. The summed E-state index contributed by atoms with van der Waals surface area (Å²) in [7, 11) is -4.11. The molecular weight excluding hydrogens is 561 g/mol. The van der Waals surface area contributed by atoms with Crippen LogP contribution in [0.2, 0.25) is 10.0 Å². The predicted octanol–water partition coefficient (Wildman–Crippen LogP) is 5.56. The summed E-state index contributed by atoms with van der Waals surface area (Å²) < 4.78 is 33.0. The summed E-state index contributed by atoms with van der Waals surface area (Å²) in [6, 6.07) is 27.0. The van der Waals surface area contributed by atoms with Gasteiger partial charge in [-0.25, -0.2) is 18.6 Å². The lowest BCUT2D eigenvalue weighted by Gasteiger charge is -2.24. The summed E-state index contributed by atoms with van der Waals surface area (Å²) >= 11 is 12.1. The van der Waals surface area contributed by atoms with Gasteiger partial charge in [-0.3, -0.25) is 9.10 Å². The molecule has 0 aliphatic carbocycles. The number of esters is 1. The summed E-state index contributed by atoms with van der Waals surface area (Å²) in [6.45, 7) is -0.569. The van der Waals surface area contributed by atoms with Crippen molar-refractivity contribution < 1.29 is 22.7 Å². The Morgan fingerprint density at radius 2 is 1.49 bits per heavy atom. The molecule has 8 nitrogen and oxygen atoms in total. The summed E-state index contributed by atoms with van der Waals surface area (Å²) in [5.74, 6) is -0.833. The van der Waals surface area contributed by atoms with Crippen molar-refractivity contribution in [1.29, 1.82) is 0 Å². The molecule has 4 aromatic carbocycles. The number of hydrogen-bond acceptors (Lipinski definition) is 6. The topological polar surface area (TPSA) is 105 Å². The highest BCUT2D eigenvalue weighted by atomic mass is 35.5. The Labute approximate surface area is 235 Å². The maximum Gasteiger partial charge on any atom is 0.343 e. The molecule has 39 heavy (non-hydrogen) atoms. The lowest BCUT2D eigenvalue weighted by atomic mass is 10.2. The van der Waals surface area contributed by atoms with E-state index in [0.29, 0.717) is 16.9 Å². The molecule has 0 unspecified atom stereocenters. The average Bonchev–Trinajstić information content (AvgIpc) is 2.95. The molecule has 0 fully saturated rings. The van der Waals surface area contributed by atoms with Crippen LogP contribution >= 0.6 is 23.2 Å². The highest BCUT2D eigenvalue weighted by Crippen LogP contribution is 2.30. The molecule has 0 heterocycles. The van der Waals surface area contributed by atoms with Crippen molar-refractivity contribution in [3.05, 3.63) is 124 Å². The number of nitrogens with zero attached hydrogens (tertiary/aromatic N) is 2. The van der Waals surface area contributed by atoms with Gasteiger partial charge in [0.1, 0.15) is 12.3 Å². The second kappa shape index (κ2) is 12.6. The van der Waals surface area contributed by atoms with Gasteiger partial charge in [0.15, 0.2) is 0 Å². The van der Waals surface area contributed by atoms with Gasteiger partial charge in [0.05, 0.1) is 32.4 Å². The van der Waals surface area contributed by atoms with Crippen LogP contribution in [-0.4, -0.2) is 33.1 Å². The fourth-order valence-electron chi connectivity index (χ4n) is 3.38. The number of carbonyl (C=O) groups excluding carboxylic acids is 2. The van der Waals surface area contributed by atoms with Crippen LogP contribution in [0, 0.1) is 0 Å². The predicted molar refractivity (Wildman–Crippen MR) is 151 cm³/mol. The number of halogens is 2. The Morgan fingerprint density at radius 3 is 2.13 bits per heavy atom. The van der Waals surface area contributed by atoms with Gasteiger partial charge in [0.25, 0.3) is 15.9 Å². The summed E-state index contributed by atoms with van der Waals surface area (Å²) in [4.78, 5) is 24.9. The molecule has 0 saturated carbocycles. The van der Waals surface area contributed by atoms with Crippen LogP contribution in [0.5, 0.6) is 5.75 Å². The van der Waals surface area contributed by atoms with E-state index in [4.69, 9.17) is 27.9 Å². The highest BCUT2D eigenvalue weighted by molar-refractivity contribution is 7.92. The molecule has 0 aromatic heterocycles. The van der Waals surface area contributed by atoms with Crippen molar-refractivity contribution >= 4 is 57.0 Å². The minimum absolute atomic E-state index is 0.000397. The van der Waals surface area contributed by atoms with Crippen LogP contribution in [0.25, 0.3) is 0 Å². The van der Waals surface area contributed by atoms with Crippen molar-refractivity contribution in [2.24, 2.45) is 5.10 Å². The molecule has 0 atom stereocenters. The maximum absolute atomic E-state index is 13.4. The minimum Gasteiger partial charge on any atom is -0.423 e. The molecule has 0 spiro atoms. The molecule has 4 rings (SSSR count). The second-order valence-corrected chi connectivity index (χ2v) is 10.7. The van der Waals surface area contributed by atoms with E-state index in [1.807, 2.05) is 0 Å². The monoisotopic (exact) mass is 581 g/mol. The molecule has 0 aliphatic rings. The Morgan fingerprint density at radius 1 is 0.846 bits per heavy atom. The van der Waals surface area contributed by atoms with Gasteiger partial charge in [0.2, 0.25) is 0 Å². The third-order valence-electron chi connectivity index (χ3n) is 5.31. The molecule has 0 radical (unpaired) electrons. The average molecular weight is 582 g/mol. The van der Waals surface area contributed by atoms with E-state index < -0.39 is 28.4 Å². The van der Waals surface area contributed by atoms with Gasteiger partial charge in [-0.2, -0.15) is 5.10 Å². The first-order valence-electron chi connectivity index (χ1n) is 11.5. The van der Waals surface area contributed by atoms with E-state index in [2.05, 4.69) is 10.5 Å². The summed E-state index contributed by atoms with van der Waals surface area (Å²) in [5.41, 5.74) is 3.52. The molecule has 11 heteroatoms. The number of hydrazone groups is 1. The second-order valence-electron chi connectivity index (χ2n) is 8.04. The molecular formula is C28H21Cl2N3O5S. The normalized spacial score (nSPS) is 11.2. The zero-order valence-corrected chi connectivity index (χ0v) is 22.5. The van der Waals surface area contributed by atoms with Gasteiger partial charge in [-0.1, -0.05) is 59.6 Å². The standard InChI is InChI=1S/C28H21Cl2N3O5S/c29-25-16-13-22(17-26(25)30)33(39(36,37)24-9-5-2-6-10-24)19-27(34)32-31-18-20-11-14-23(15-12-20)38-28(35)21-7-3-1-4-8-21/h1-18H,19H2,(H,32,34). The molecule has 0 bridgehead atoms. The number of anilines is 1. The number of hydrogen-bond donors (Lipinski definition) is 1. The van der Waals surface area contributed by atoms with Gasteiger partial charge in [-0.05, 0) is 72.3 Å². The Hall–Kier alpha value is -4.18. The number of nitrogens with one attached hydrogen (secondary N) is 1. The minimum atomic E-state index is -4.11. The summed E-state index contributed by atoms with van der Waals surface area (Å²) in [5, 5.41) is 4.29. The van der Waals surface area contributed by atoms with Crippen LogP contribution in [0.15, 0.2) is 113 Å². The van der Waals surface area contributed by atoms with E-state index >= 15 is 0 Å². The zero-order valence-electron chi connectivity index (χ0n) is 20.2. The van der Waals surface area contributed by atoms with Crippen molar-refractivity contribution in [2.75, 3.05) is 10.8 Å². The third kappa shape index (κ3) is 7.23. The fraction of sp³-hybridized carbons (Fsp3) is 0.0357. The quantitative estimate of drug-likeness (QED) is 0.121. The first-order chi connectivity index (χ1) is 18.7. The first-order valence-corrected chi connectivity index (χ1v) is 13.7. The van der Waals surface area contributed by atoms with Crippen LogP contribution in [-0.2, 0) is 14.8 Å². The number of ether oxygens (including phenoxy) is 1. The van der Waals surface area contributed by atoms with E-state index in [1.165, 1.54) is 36.5 Å². The van der Waals surface area contributed by atoms with Crippen LogP contribution in [0.4, 0.5) is 5.69 Å². The molecule has 0 saturated heterocycles. The zero-order chi connectivity index (χ0) is 27.8. The number of amides is 1. The van der Waals surface area contributed by atoms with Crippen molar-refractivity contribution in [1.82, 2.24) is 5.43 Å². The van der Waals surface area contributed by atoms with Gasteiger partial charge < -0.3 is 4.74 Å². The smallest absolute Gasteiger partial charge is 0.343 e. The molecule has 1 amide bonds. The van der Waals surface area contributed by atoms with Crippen LogP contribution in [0.3, 0.4) is 0 Å². The highest BCUT2D eigenvalue weighted by Gasteiger charge is 2.27. The lowest BCUT2D eigenvalue weighted by Crippen LogP contribution is -2.39. The van der Waals surface area contributed by atoms with E-state index in [0.717, 1.165) is 4.31 Å². The fourth-order valence-corrected chi connectivity index (χ4v) is 5.11. The van der Waals surface area contributed by atoms with Gasteiger partial charge in [0, 0.05) is 0 Å². The molecule has 1 N–H and O–H groups in total. The maximum atomic E-state index is 13.4. The van der Waals surface area contributed by atoms with Crippen LogP contribution < -0.4 is 14.5 Å². The molecule has 4 aromatic rings. The molecule has 198 valence electrons. The number of sulfonamides is 1. The molecule has 0 aliphatic heterocycles. The van der Waals surface area contributed by atoms with Crippen molar-refractivity contribution in [2.45, 2.75) is 4.90 Å². The van der Waals surface area contributed by atoms with Crippen molar-refractivity contribution in [3.8, 4) is 5.75 Å². The van der Waals surface area contributed by atoms with Crippen molar-refractivity contribution in [3.63, 3.8) is 0 Å². The number of benzene rings is 4. The SMILES string of the molecule is O=C(CN(c1ccc(Cl)c(Cl)c1)S(=O)(=O)c1ccccc1)NN=Cc1ccc(OC(=O)c2ccccc2)cc1. The van der Waals surface area contributed by atoms with E-state index in [1.54, 1.807) is 72.8 Å². The number of carbonyl (C=O) groups is 2.